The van der Waals surface area contributed by atoms with Crippen molar-refractivity contribution in [3.63, 3.8) is 0 Å². The average Bonchev–Trinajstić information content (AvgIpc) is 3.43. The van der Waals surface area contributed by atoms with Gasteiger partial charge in [0.2, 0.25) is 11.9 Å². The molecule has 0 radical (unpaired) electrons. The van der Waals surface area contributed by atoms with Crippen molar-refractivity contribution in [1.82, 2.24) is 29.4 Å². The average molecular weight is 429 g/mol. The lowest BCUT2D eigenvalue weighted by molar-refractivity contribution is -0.127. The first kappa shape index (κ1) is 19.9. The molecule has 0 saturated carbocycles. The number of amides is 1. The van der Waals surface area contributed by atoms with E-state index in [2.05, 4.69) is 37.7 Å². The number of imidazole rings is 1. The molecule has 0 spiro atoms. The molecule has 9 nitrogen and oxygen atoms in total. The zero-order valence-corrected chi connectivity index (χ0v) is 17.6. The van der Waals surface area contributed by atoms with Gasteiger partial charge in [0.1, 0.15) is 5.82 Å². The smallest absolute Gasteiger partial charge is 0.232 e. The summed E-state index contributed by atoms with van der Waals surface area (Å²) in [5.74, 6) is 1.96. The van der Waals surface area contributed by atoms with E-state index in [4.69, 9.17) is 4.98 Å². The number of carbonyl (C=O) groups excluding carboxylic acids is 1. The van der Waals surface area contributed by atoms with Gasteiger partial charge >= 0.3 is 0 Å². The summed E-state index contributed by atoms with van der Waals surface area (Å²) >= 11 is 0. The van der Waals surface area contributed by atoms with Crippen molar-refractivity contribution in [3.8, 4) is 0 Å². The Morgan fingerprint density at radius 1 is 0.969 bits per heavy atom. The number of nitrogens with zero attached hydrogens (tertiary/aromatic N) is 6. The predicted molar refractivity (Wildman–Crippen MR) is 122 cm³/mol. The molecule has 5 rings (SSSR count). The number of anilines is 3. The minimum atomic E-state index is 0.215. The zero-order valence-electron chi connectivity index (χ0n) is 17.6. The minimum absolute atomic E-state index is 0.215. The van der Waals surface area contributed by atoms with Crippen LogP contribution in [0.2, 0.25) is 0 Å². The molecular formula is C23H24N8O. The highest BCUT2D eigenvalue weighted by molar-refractivity contribution is 5.84. The first-order valence-electron chi connectivity index (χ1n) is 10.7. The van der Waals surface area contributed by atoms with Crippen LogP contribution in [0, 0.1) is 0 Å². The monoisotopic (exact) mass is 428 g/mol. The third-order valence-corrected chi connectivity index (χ3v) is 5.45. The van der Waals surface area contributed by atoms with Crippen molar-refractivity contribution in [1.29, 1.82) is 0 Å². The van der Waals surface area contributed by atoms with Crippen LogP contribution in [0.3, 0.4) is 0 Å². The molecule has 32 heavy (non-hydrogen) atoms. The summed E-state index contributed by atoms with van der Waals surface area (Å²) in [6, 6.07) is 15.8. The van der Waals surface area contributed by atoms with Gasteiger partial charge in [0.05, 0.1) is 6.33 Å². The third kappa shape index (κ3) is 4.36. The second kappa shape index (κ2) is 9.01. The van der Waals surface area contributed by atoms with Gasteiger partial charge in [-0.1, -0.05) is 36.4 Å². The van der Waals surface area contributed by atoms with Gasteiger partial charge in [0, 0.05) is 38.8 Å². The summed E-state index contributed by atoms with van der Waals surface area (Å²) < 4.78 is 1.97. The Bertz CT molecular complexity index is 1210. The Labute approximate surface area is 185 Å². The summed E-state index contributed by atoms with van der Waals surface area (Å²) in [4.78, 5) is 32.1. The largest absolute Gasteiger partial charge is 0.364 e. The van der Waals surface area contributed by atoms with Gasteiger partial charge in [-0.05, 0) is 24.1 Å². The molecule has 1 aliphatic rings. The van der Waals surface area contributed by atoms with Gasteiger partial charge in [-0.2, -0.15) is 9.97 Å². The van der Waals surface area contributed by atoms with E-state index < -0.39 is 0 Å². The van der Waals surface area contributed by atoms with Crippen LogP contribution in [0.25, 0.3) is 11.2 Å². The first-order valence-corrected chi connectivity index (χ1v) is 10.7. The number of aromatic nitrogens is 5. The maximum atomic E-state index is 12.0. The molecule has 1 aromatic carbocycles. The van der Waals surface area contributed by atoms with E-state index >= 15 is 0 Å². The predicted octanol–water partition coefficient (Wildman–Crippen LogP) is 3.20. The van der Waals surface area contributed by atoms with Gasteiger partial charge in [0.15, 0.2) is 17.0 Å². The molecule has 9 heteroatoms. The van der Waals surface area contributed by atoms with Crippen molar-refractivity contribution in [2.75, 3.05) is 23.7 Å². The molecule has 4 aromatic rings. The molecule has 0 atom stereocenters. The van der Waals surface area contributed by atoms with Crippen molar-refractivity contribution in [2.45, 2.75) is 25.9 Å². The molecule has 1 amide bonds. The third-order valence-electron chi connectivity index (χ3n) is 5.45. The number of pyridine rings is 1. The summed E-state index contributed by atoms with van der Waals surface area (Å²) in [6.45, 7) is 2.70. The Morgan fingerprint density at radius 2 is 1.84 bits per heavy atom. The van der Waals surface area contributed by atoms with E-state index in [1.807, 2.05) is 45.9 Å². The topological polar surface area (TPSA) is 101 Å². The Morgan fingerprint density at radius 3 is 2.62 bits per heavy atom. The lowest BCUT2D eigenvalue weighted by Crippen LogP contribution is -2.28. The van der Waals surface area contributed by atoms with Crippen LogP contribution in [-0.2, 0) is 17.9 Å². The lowest BCUT2D eigenvalue weighted by atomic mass is 10.2. The van der Waals surface area contributed by atoms with E-state index in [0.29, 0.717) is 54.8 Å². The van der Waals surface area contributed by atoms with Crippen molar-refractivity contribution >= 4 is 34.7 Å². The van der Waals surface area contributed by atoms with Gasteiger partial charge in [-0.3, -0.25) is 4.79 Å². The molecule has 0 unspecified atom stereocenters. The molecule has 162 valence electrons. The van der Waals surface area contributed by atoms with Gasteiger partial charge < -0.3 is 20.1 Å². The number of rotatable bonds is 8. The number of carbonyl (C=O) groups is 1. The van der Waals surface area contributed by atoms with Gasteiger partial charge in [-0.25, -0.2) is 9.97 Å². The maximum Gasteiger partial charge on any atom is 0.232 e. The Kier molecular flexibility index (Phi) is 5.61. The summed E-state index contributed by atoms with van der Waals surface area (Å²) in [5.41, 5.74) is 2.55. The minimum Gasteiger partial charge on any atom is -0.364 e. The number of hydrogen-bond acceptors (Lipinski definition) is 7. The highest BCUT2D eigenvalue weighted by Crippen LogP contribution is 2.23. The quantitative estimate of drug-likeness (QED) is 0.444. The first-order chi connectivity index (χ1) is 15.8. The Balaban J connectivity index is 1.44. The molecule has 4 heterocycles. The fraction of sp³-hybridized carbons (Fsp3) is 0.261. The van der Waals surface area contributed by atoms with Gasteiger partial charge in [0.25, 0.3) is 0 Å². The molecule has 0 bridgehead atoms. The highest BCUT2D eigenvalue weighted by atomic mass is 16.2. The molecule has 2 N–H and O–H groups in total. The fourth-order valence-corrected chi connectivity index (χ4v) is 3.79. The zero-order chi connectivity index (χ0) is 21.8. The highest BCUT2D eigenvalue weighted by Gasteiger charge is 2.20. The Hall–Kier alpha value is -4.01. The normalized spacial score (nSPS) is 13.6. The van der Waals surface area contributed by atoms with Crippen molar-refractivity contribution in [3.05, 3.63) is 66.6 Å². The van der Waals surface area contributed by atoms with Crippen molar-refractivity contribution in [2.24, 2.45) is 0 Å². The van der Waals surface area contributed by atoms with Crippen LogP contribution in [0.1, 0.15) is 18.4 Å². The van der Waals surface area contributed by atoms with Crippen LogP contribution in [-0.4, -0.2) is 48.4 Å². The number of fused-ring (bicyclic) bond motifs is 1. The number of nitrogens with one attached hydrogen (secondary N) is 2. The number of hydrogen-bond donors (Lipinski definition) is 2. The van der Waals surface area contributed by atoms with Crippen LogP contribution in [0.5, 0.6) is 0 Å². The van der Waals surface area contributed by atoms with E-state index in [9.17, 15) is 4.79 Å². The SMILES string of the molecule is O=C1CCCN1CCn1cnc2c(NCc3ccccc3)nc(Nc3ccccn3)nc21. The second-order valence-electron chi connectivity index (χ2n) is 7.67. The lowest BCUT2D eigenvalue weighted by Gasteiger charge is -2.16. The van der Waals surface area contributed by atoms with E-state index in [-0.39, 0.29) is 5.91 Å². The van der Waals surface area contributed by atoms with Crippen LogP contribution < -0.4 is 10.6 Å². The van der Waals surface area contributed by atoms with E-state index in [0.717, 1.165) is 18.5 Å². The molecule has 1 aliphatic heterocycles. The fourth-order valence-electron chi connectivity index (χ4n) is 3.79. The summed E-state index contributed by atoms with van der Waals surface area (Å²) in [7, 11) is 0. The summed E-state index contributed by atoms with van der Waals surface area (Å²) in [5, 5.41) is 6.57. The standard InChI is InChI=1S/C23H24N8O/c32-19-10-6-12-30(19)13-14-31-16-26-20-21(25-15-17-7-2-1-3-8-17)28-23(29-22(20)31)27-18-9-4-5-11-24-18/h1-5,7-9,11,16H,6,10,12-15H2,(H2,24,25,27,28,29). The van der Waals surface area contributed by atoms with Gasteiger partial charge in [-0.15, -0.1) is 0 Å². The second-order valence-corrected chi connectivity index (χ2v) is 7.67. The molecule has 1 fully saturated rings. The van der Waals surface area contributed by atoms with E-state index in [1.165, 1.54) is 0 Å². The number of benzene rings is 1. The van der Waals surface area contributed by atoms with Crippen molar-refractivity contribution < 1.29 is 4.79 Å². The summed E-state index contributed by atoms with van der Waals surface area (Å²) in [6.07, 6.45) is 5.04. The van der Waals surface area contributed by atoms with Crippen LogP contribution in [0.15, 0.2) is 61.1 Å². The van der Waals surface area contributed by atoms with Crippen LogP contribution >= 0.6 is 0 Å². The molecule has 3 aromatic heterocycles. The molecule has 1 saturated heterocycles. The van der Waals surface area contributed by atoms with Crippen LogP contribution in [0.4, 0.5) is 17.6 Å². The molecule has 0 aliphatic carbocycles. The number of likely N-dealkylation sites (tertiary alicyclic amines) is 1. The van der Waals surface area contributed by atoms with E-state index in [1.54, 1.807) is 12.5 Å². The molecular weight excluding hydrogens is 404 g/mol. The maximum absolute atomic E-state index is 12.0.